The second-order valence-corrected chi connectivity index (χ2v) is 3.86. The summed E-state index contributed by atoms with van der Waals surface area (Å²) in [7, 11) is 0. The minimum atomic E-state index is -0.352. The maximum absolute atomic E-state index is 13.4. The molecule has 15 heavy (non-hydrogen) atoms. The predicted octanol–water partition coefficient (Wildman–Crippen LogP) is 3.20. The molecule has 0 atom stereocenters. The summed E-state index contributed by atoms with van der Waals surface area (Å²) >= 11 is 0. The molecule has 0 fully saturated rings. The smallest absolute Gasteiger partial charge is 0.149 e. The molecule has 1 N–H and O–H groups in total. The molecule has 0 bridgehead atoms. The van der Waals surface area contributed by atoms with Gasteiger partial charge in [0, 0.05) is 5.39 Å². The van der Waals surface area contributed by atoms with Crippen LogP contribution in [-0.2, 0) is 0 Å². The van der Waals surface area contributed by atoms with Crippen LogP contribution in [0.2, 0.25) is 0 Å². The van der Waals surface area contributed by atoms with Gasteiger partial charge in [0.2, 0.25) is 0 Å². The Morgan fingerprint density at radius 1 is 1.33 bits per heavy atom. The van der Waals surface area contributed by atoms with Gasteiger partial charge in [-0.15, -0.1) is 0 Å². The number of nitrogens with zero attached hydrogens (tertiary/aromatic N) is 1. The Balaban J connectivity index is 2.78. The number of para-hydroxylation sites is 1. The molecule has 78 valence electrons. The Labute approximate surface area is 87.4 Å². The molecule has 0 aliphatic carbocycles. The summed E-state index contributed by atoms with van der Waals surface area (Å²) in [6.07, 6.45) is 0. The molecule has 3 heteroatoms. The van der Waals surface area contributed by atoms with Crippen LogP contribution in [0.4, 0.5) is 4.39 Å². The van der Waals surface area contributed by atoms with Crippen molar-refractivity contribution in [3.05, 3.63) is 35.8 Å². The van der Waals surface area contributed by atoms with E-state index in [1.54, 1.807) is 18.2 Å². The second-order valence-electron chi connectivity index (χ2n) is 3.86. The second kappa shape index (κ2) is 3.50. The number of benzene rings is 1. The highest BCUT2D eigenvalue weighted by Crippen LogP contribution is 2.28. The zero-order chi connectivity index (χ0) is 11.0. The molecule has 0 spiro atoms. The lowest BCUT2D eigenvalue weighted by atomic mass is 10.1. The third-order valence-corrected chi connectivity index (χ3v) is 2.35. The van der Waals surface area contributed by atoms with Crippen LogP contribution < -0.4 is 0 Å². The Morgan fingerprint density at radius 2 is 2.07 bits per heavy atom. The van der Waals surface area contributed by atoms with E-state index in [0.29, 0.717) is 16.6 Å². The Bertz CT molecular complexity index is 508. The molecule has 2 rings (SSSR count). The summed E-state index contributed by atoms with van der Waals surface area (Å²) in [5.74, 6) is -0.147. The molecule has 0 saturated carbocycles. The van der Waals surface area contributed by atoms with Gasteiger partial charge in [0.15, 0.2) is 0 Å². The monoisotopic (exact) mass is 205 g/mol. The van der Waals surface area contributed by atoms with Gasteiger partial charge in [-0.05, 0) is 18.1 Å². The fourth-order valence-electron chi connectivity index (χ4n) is 1.59. The Kier molecular flexibility index (Phi) is 2.31. The first kappa shape index (κ1) is 9.90. The standard InChI is InChI=1S/C12H12FNO/c1-7(2)11-10(15)6-8-4-3-5-9(13)12(8)14-11/h3-7,15H,1-2H3. The lowest BCUT2D eigenvalue weighted by Gasteiger charge is -2.08. The molecule has 1 aromatic carbocycles. The average Bonchev–Trinajstić information content (AvgIpc) is 2.16. The zero-order valence-electron chi connectivity index (χ0n) is 8.66. The van der Waals surface area contributed by atoms with Gasteiger partial charge < -0.3 is 5.11 Å². The number of hydrogen-bond donors (Lipinski definition) is 1. The van der Waals surface area contributed by atoms with Crippen molar-refractivity contribution in [2.75, 3.05) is 0 Å². The lowest BCUT2D eigenvalue weighted by Crippen LogP contribution is -1.95. The first-order chi connectivity index (χ1) is 7.09. The minimum Gasteiger partial charge on any atom is -0.506 e. The number of aromatic nitrogens is 1. The van der Waals surface area contributed by atoms with Crippen molar-refractivity contribution in [1.29, 1.82) is 0 Å². The van der Waals surface area contributed by atoms with Gasteiger partial charge in [-0.3, -0.25) is 0 Å². The van der Waals surface area contributed by atoms with Crippen molar-refractivity contribution < 1.29 is 9.50 Å². The fourth-order valence-corrected chi connectivity index (χ4v) is 1.59. The topological polar surface area (TPSA) is 33.1 Å². The summed E-state index contributed by atoms with van der Waals surface area (Å²) in [4.78, 5) is 4.15. The van der Waals surface area contributed by atoms with Crippen molar-refractivity contribution in [2.45, 2.75) is 19.8 Å². The summed E-state index contributed by atoms with van der Waals surface area (Å²) in [5.41, 5.74) is 0.853. The van der Waals surface area contributed by atoms with Crippen LogP contribution in [0.5, 0.6) is 5.75 Å². The lowest BCUT2D eigenvalue weighted by molar-refractivity contribution is 0.461. The van der Waals surface area contributed by atoms with Crippen LogP contribution in [0, 0.1) is 5.82 Å². The van der Waals surface area contributed by atoms with Gasteiger partial charge in [-0.1, -0.05) is 26.0 Å². The SMILES string of the molecule is CC(C)c1nc2c(F)cccc2cc1O. The zero-order valence-corrected chi connectivity index (χ0v) is 8.66. The van der Waals surface area contributed by atoms with Crippen LogP contribution in [0.1, 0.15) is 25.5 Å². The van der Waals surface area contributed by atoms with Gasteiger partial charge in [0.25, 0.3) is 0 Å². The first-order valence-corrected chi connectivity index (χ1v) is 4.87. The third kappa shape index (κ3) is 1.65. The molecule has 1 aromatic heterocycles. The minimum absolute atomic E-state index is 0.0778. The van der Waals surface area contributed by atoms with E-state index in [9.17, 15) is 9.50 Å². The summed E-state index contributed by atoms with van der Waals surface area (Å²) in [5, 5.41) is 10.3. The molecular weight excluding hydrogens is 193 g/mol. The van der Waals surface area contributed by atoms with Gasteiger partial charge in [-0.2, -0.15) is 0 Å². The molecule has 2 nitrogen and oxygen atoms in total. The van der Waals surface area contributed by atoms with Gasteiger partial charge in [0.05, 0.1) is 5.69 Å². The number of pyridine rings is 1. The molecule has 0 radical (unpaired) electrons. The number of rotatable bonds is 1. The molecular formula is C12H12FNO. The number of halogens is 1. The van der Waals surface area contributed by atoms with Gasteiger partial charge in [-0.25, -0.2) is 9.37 Å². The van der Waals surface area contributed by atoms with E-state index in [1.165, 1.54) is 6.07 Å². The fraction of sp³-hybridized carbons (Fsp3) is 0.250. The van der Waals surface area contributed by atoms with E-state index < -0.39 is 0 Å². The van der Waals surface area contributed by atoms with Crippen molar-refractivity contribution >= 4 is 10.9 Å². The van der Waals surface area contributed by atoms with Crippen LogP contribution in [0.3, 0.4) is 0 Å². The van der Waals surface area contributed by atoms with Crippen molar-refractivity contribution in [3.63, 3.8) is 0 Å². The van der Waals surface area contributed by atoms with E-state index in [2.05, 4.69) is 4.98 Å². The summed E-state index contributed by atoms with van der Waals surface area (Å²) in [6.45, 7) is 3.82. The van der Waals surface area contributed by atoms with E-state index in [-0.39, 0.29) is 17.5 Å². The van der Waals surface area contributed by atoms with Crippen LogP contribution in [0.25, 0.3) is 10.9 Å². The highest BCUT2D eigenvalue weighted by molar-refractivity contribution is 5.80. The highest BCUT2D eigenvalue weighted by Gasteiger charge is 2.11. The van der Waals surface area contributed by atoms with Crippen molar-refractivity contribution in [2.24, 2.45) is 0 Å². The van der Waals surface area contributed by atoms with Crippen LogP contribution in [-0.4, -0.2) is 10.1 Å². The van der Waals surface area contributed by atoms with E-state index >= 15 is 0 Å². The summed E-state index contributed by atoms with van der Waals surface area (Å²) in [6, 6.07) is 6.26. The van der Waals surface area contributed by atoms with Gasteiger partial charge >= 0.3 is 0 Å². The maximum Gasteiger partial charge on any atom is 0.149 e. The molecule has 0 amide bonds. The highest BCUT2D eigenvalue weighted by atomic mass is 19.1. The Hall–Kier alpha value is -1.64. The number of fused-ring (bicyclic) bond motifs is 1. The average molecular weight is 205 g/mol. The first-order valence-electron chi connectivity index (χ1n) is 4.87. The van der Waals surface area contributed by atoms with Crippen molar-refractivity contribution in [1.82, 2.24) is 4.98 Å². The number of hydrogen-bond acceptors (Lipinski definition) is 2. The van der Waals surface area contributed by atoms with E-state index in [4.69, 9.17) is 0 Å². The van der Waals surface area contributed by atoms with Crippen LogP contribution >= 0.6 is 0 Å². The van der Waals surface area contributed by atoms with E-state index in [1.807, 2.05) is 13.8 Å². The summed E-state index contributed by atoms with van der Waals surface area (Å²) < 4.78 is 13.4. The van der Waals surface area contributed by atoms with Crippen molar-refractivity contribution in [3.8, 4) is 5.75 Å². The maximum atomic E-state index is 13.4. The molecule has 0 unspecified atom stereocenters. The normalized spacial score (nSPS) is 11.2. The number of aromatic hydroxyl groups is 1. The predicted molar refractivity (Wildman–Crippen MR) is 57.5 cm³/mol. The molecule has 0 aliphatic rings. The molecule has 0 aliphatic heterocycles. The molecule has 1 heterocycles. The molecule has 2 aromatic rings. The third-order valence-electron chi connectivity index (χ3n) is 2.35. The largest absolute Gasteiger partial charge is 0.506 e. The van der Waals surface area contributed by atoms with E-state index in [0.717, 1.165) is 0 Å². The quantitative estimate of drug-likeness (QED) is 0.775. The molecule has 0 saturated heterocycles. The Morgan fingerprint density at radius 3 is 2.73 bits per heavy atom. The van der Waals surface area contributed by atoms with Gasteiger partial charge in [0.1, 0.15) is 17.1 Å². The van der Waals surface area contributed by atoms with Crippen LogP contribution in [0.15, 0.2) is 24.3 Å².